The number of nitrogens with zero attached hydrogens (tertiary/aromatic N) is 1. The molecule has 0 spiro atoms. The summed E-state index contributed by atoms with van der Waals surface area (Å²) >= 11 is 5.87. The van der Waals surface area contributed by atoms with Crippen LogP contribution in [0.5, 0.6) is 0 Å². The minimum absolute atomic E-state index is 0.00239. The lowest BCUT2D eigenvalue weighted by molar-refractivity contribution is 0.0943. The molecule has 21 heavy (non-hydrogen) atoms. The van der Waals surface area contributed by atoms with E-state index in [2.05, 4.69) is 10.3 Å². The molecule has 110 valence electrons. The van der Waals surface area contributed by atoms with E-state index in [1.54, 1.807) is 6.07 Å². The molecule has 1 aromatic heterocycles. The topological polar surface area (TPSA) is 42.0 Å². The number of carbonyl (C=O) groups is 1. The molecule has 1 N–H and O–H groups in total. The highest BCUT2D eigenvalue weighted by atomic mass is 35.5. The van der Waals surface area contributed by atoms with E-state index < -0.39 is 0 Å². The van der Waals surface area contributed by atoms with Crippen LogP contribution in [0, 0.1) is 5.92 Å². The van der Waals surface area contributed by atoms with Gasteiger partial charge in [-0.1, -0.05) is 30.9 Å². The van der Waals surface area contributed by atoms with Gasteiger partial charge in [0, 0.05) is 17.5 Å². The number of hydrogen-bond donors (Lipinski definition) is 1. The second kappa shape index (κ2) is 6.44. The Balaban J connectivity index is 1.67. The molecule has 3 rings (SSSR count). The van der Waals surface area contributed by atoms with Crippen LogP contribution in [-0.4, -0.2) is 17.4 Å². The van der Waals surface area contributed by atoms with Crippen molar-refractivity contribution in [1.29, 1.82) is 0 Å². The molecule has 1 aliphatic rings. The number of pyridine rings is 1. The Morgan fingerprint density at radius 3 is 2.81 bits per heavy atom. The summed E-state index contributed by atoms with van der Waals surface area (Å²) in [5.74, 6) is 0.640. The zero-order valence-corrected chi connectivity index (χ0v) is 12.7. The summed E-state index contributed by atoms with van der Waals surface area (Å²) in [7, 11) is 0. The lowest BCUT2D eigenvalue weighted by Crippen LogP contribution is -2.30. The van der Waals surface area contributed by atoms with Gasteiger partial charge in [0.1, 0.15) is 5.15 Å². The van der Waals surface area contributed by atoms with E-state index in [-0.39, 0.29) is 5.91 Å². The van der Waals surface area contributed by atoms with Gasteiger partial charge in [0.15, 0.2) is 0 Å². The van der Waals surface area contributed by atoms with Gasteiger partial charge in [-0.25, -0.2) is 4.98 Å². The first-order chi connectivity index (χ1) is 10.2. The summed E-state index contributed by atoms with van der Waals surface area (Å²) in [5, 5.41) is 4.46. The van der Waals surface area contributed by atoms with E-state index in [1.807, 2.05) is 24.3 Å². The molecule has 1 aromatic carbocycles. The van der Waals surface area contributed by atoms with Crippen LogP contribution in [0.25, 0.3) is 10.9 Å². The van der Waals surface area contributed by atoms with Gasteiger partial charge in [-0.2, -0.15) is 0 Å². The maximum atomic E-state index is 12.2. The SMILES string of the molecule is O=C(NCC1CCCCC1)c1ccc2nc(Cl)ccc2c1. The third kappa shape index (κ3) is 3.53. The monoisotopic (exact) mass is 302 g/mol. The number of benzene rings is 1. The minimum atomic E-state index is -0.00239. The standard InChI is InChI=1S/C17H19ClN2O/c18-16-9-7-13-10-14(6-8-15(13)20-16)17(21)19-11-12-4-2-1-3-5-12/h6-10,12H,1-5,11H2,(H,19,21). The van der Waals surface area contributed by atoms with Crippen molar-refractivity contribution in [1.82, 2.24) is 10.3 Å². The molecule has 4 heteroatoms. The zero-order valence-electron chi connectivity index (χ0n) is 11.9. The van der Waals surface area contributed by atoms with Gasteiger partial charge in [-0.3, -0.25) is 4.79 Å². The Morgan fingerprint density at radius 1 is 1.19 bits per heavy atom. The molecule has 0 bridgehead atoms. The number of rotatable bonds is 3. The van der Waals surface area contributed by atoms with Crippen molar-refractivity contribution in [3.05, 3.63) is 41.0 Å². The van der Waals surface area contributed by atoms with Gasteiger partial charge in [0.25, 0.3) is 5.91 Å². The minimum Gasteiger partial charge on any atom is -0.352 e. The highest BCUT2D eigenvalue weighted by molar-refractivity contribution is 6.29. The highest BCUT2D eigenvalue weighted by Crippen LogP contribution is 2.23. The number of amides is 1. The fraction of sp³-hybridized carbons (Fsp3) is 0.412. The average molecular weight is 303 g/mol. The fourth-order valence-electron chi connectivity index (χ4n) is 2.97. The predicted octanol–water partition coefficient (Wildman–Crippen LogP) is 4.20. The van der Waals surface area contributed by atoms with E-state index in [0.29, 0.717) is 16.6 Å². The molecule has 1 amide bonds. The molecule has 2 aromatic rings. The molecule has 1 heterocycles. The van der Waals surface area contributed by atoms with Gasteiger partial charge < -0.3 is 5.32 Å². The van der Waals surface area contributed by atoms with Gasteiger partial charge in [0.05, 0.1) is 5.52 Å². The summed E-state index contributed by atoms with van der Waals surface area (Å²) in [6, 6.07) is 9.16. The van der Waals surface area contributed by atoms with Crippen molar-refractivity contribution < 1.29 is 4.79 Å². The summed E-state index contributed by atoms with van der Waals surface area (Å²) in [4.78, 5) is 16.5. The Morgan fingerprint density at radius 2 is 2.00 bits per heavy atom. The molecule has 1 saturated carbocycles. The first-order valence-corrected chi connectivity index (χ1v) is 7.95. The first-order valence-electron chi connectivity index (χ1n) is 7.57. The van der Waals surface area contributed by atoms with Gasteiger partial charge in [0.2, 0.25) is 0 Å². The first kappa shape index (κ1) is 14.3. The molecule has 0 atom stereocenters. The maximum absolute atomic E-state index is 12.2. The molecule has 0 aliphatic heterocycles. The van der Waals surface area contributed by atoms with Crippen molar-refractivity contribution in [2.24, 2.45) is 5.92 Å². The summed E-state index contributed by atoms with van der Waals surface area (Å²) < 4.78 is 0. The molecular weight excluding hydrogens is 284 g/mol. The van der Waals surface area contributed by atoms with Crippen molar-refractivity contribution in [2.75, 3.05) is 6.54 Å². The average Bonchev–Trinajstić information content (AvgIpc) is 2.53. The van der Waals surface area contributed by atoms with Crippen molar-refractivity contribution >= 4 is 28.4 Å². The van der Waals surface area contributed by atoms with Crippen LogP contribution in [0.2, 0.25) is 5.15 Å². The van der Waals surface area contributed by atoms with Crippen LogP contribution < -0.4 is 5.32 Å². The van der Waals surface area contributed by atoms with Crippen LogP contribution in [0.15, 0.2) is 30.3 Å². The molecule has 0 unspecified atom stereocenters. The van der Waals surface area contributed by atoms with Crippen LogP contribution in [0.4, 0.5) is 0 Å². The third-order valence-electron chi connectivity index (χ3n) is 4.19. The van der Waals surface area contributed by atoms with Crippen LogP contribution in [0.3, 0.4) is 0 Å². The normalized spacial score (nSPS) is 16.0. The molecule has 1 fully saturated rings. The van der Waals surface area contributed by atoms with E-state index in [0.717, 1.165) is 17.4 Å². The highest BCUT2D eigenvalue weighted by Gasteiger charge is 2.15. The second-order valence-electron chi connectivity index (χ2n) is 5.76. The second-order valence-corrected chi connectivity index (χ2v) is 6.14. The van der Waals surface area contributed by atoms with Crippen LogP contribution >= 0.6 is 11.6 Å². The van der Waals surface area contributed by atoms with Crippen molar-refractivity contribution in [2.45, 2.75) is 32.1 Å². The van der Waals surface area contributed by atoms with Crippen LogP contribution in [-0.2, 0) is 0 Å². The van der Waals surface area contributed by atoms with E-state index in [9.17, 15) is 4.79 Å². The summed E-state index contributed by atoms with van der Waals surface area (Å²) in [6.07, 6.45) is 6.40. The smallest absolute Gasteiger partial charge is 0.251 e. The van der Waals surface area contributed by atoms with Gasteiger partial charge in [-0.15, -0.1) is 0 Å². The van der Waals surface area contributed by atoms with Gasteiger partial charge >= 0.3 is 0 Å². The van der Waals surface area contributed by atoms with E-state index >= 15 is 0 Å². The van der Waals surface area contributed by atoms with Crippen LogP contribution in [0.1, 0.15) is 42.5 Å². The molecular formula is C17H19ClN2O. The molecule has 0 saturated heterocycles. The maximum Gasteiger partial charge on any atom is 0.251 e. The predicted molar refractivity (Wildman–Crippen MR) is 85.7 cm³/mol. The number of aromatic nitrogens is 1. The molecule has 1 aliphatic carbocycles. The lowest BCUT2D eigenvalue weighted by Gasteiger charge is -2.21. The largest absolute Gasteiger partial charge is 0.352 e. The Kier molecular flexibility index (Phi) is 4.39. The van der Waals surface area contributed by atoms with Gasteiger partial charge in [-0.05, 0) is 49.1 Å². The summed E-state index contributed by atoms with van der Waals surface area (Å²) in [6.45, 7) is 0.787. The Bertz CT molecular complexity index is 650. The number of nitrogens with one attached hydrogen (secondary N) is 1. The summed E-state index contributed by atoms with van der Waals surface area (Å²) in [5.41, 5.74) is 1.49. The van der Waals surface area contributed by atoms with Crippen molar-refractivity contribution in [3.63, 3.8) is 0 Å². The zero-order chi connectivity index (χ0) is 14.7. The number of hydrogen-bond acceptors (Lipinski definition) is 2. The van der Waals surface area contributed by atoms with E-state index in [4.69, 9.17) is 11.6 Å². The van der Waals surface area contributed by atoms with E-state index in [1.165, 1.54) is 32.1 Å². The quantitative estimate of drug-likeness (QED) is 0.863. The molecule has 3 nitrogen and oxygen atoms in total. The third-order valence-corrected chi connectivity index (χ3v) is 4.40. The number of halogens is 1. The fourth-order valence-corrected chi connectivity index (χ4v) is 3.13. The molecule has 0 radical (unpaired) electrons. The Labute approximate surface area is 129 Å². The Hall–Kier alpha value is -1.61. The number of fused-ring (bicyclic) bond motifs is 1. The number of carbonyl (C=O) groups excluding carboxylic acids is 1. The lowest BCUT2D eigenvalue weighted by atomic mass is 9.89. The van der Waals surface area contributed by atoms with Crippen molar-refractivity contribution in [3.8, 4) is 0 Å².